The van der Waals surface area contributed by atoms with Gasteiger partial charge in [0, 0.05) is 12.6 Å². The van der Waals surface area contributed by atoms with Gasteiger partial charge in [-0.1, -0.05) is 32.4 Å². The van der Waals surface area contributed by atoms with E-state index in [0.717, 1.165) is 24.5 Å². The average molecular weight is 249 g/mol. The molecule has 2 unspecified atom stereocenters. The smallest absolute Gasteiger partial charge is 0.161 e. The van der Waals surface area contributed by atoms with Crippen LogP contribution in [-0.2, 0) is 0 Å². The van der Waals surface area contributed by atoms with Crippen LogP contribution in [0.5, 0.6) is 11.5 Å². The van der Waals surface area contributed by atoms with Crippen LogP contribution >= 0.6 is 0 Å². The predicted octanol–water partition coefficient (Wildman–Crippen LogP) is 2.99. The Kier molecular flexibility index (Phi) is 4.88. The van der Waals surface area contributed by atoms with Crippen LogP contribution in [0.3, 0.4) is 0 Å². The van der Waals surface area contributed by atoms with Crippen LogP contribution in [0.1, 0.15) is 33.1 Å². The second-order valence-corrected chi connectivity index (χ2v) is 4.80. The molecule has 1 aliphatic rings. The molecule has 0 amide bonds. The Morgan fingerprint density at radius 2 is 2.06 bits per heavy atom. The Balaban J connectivity index is 1.82. The summed E-state index contributed by atoms with van der Waals surface area (Å²) >= 11 is 0. The first-order chi connectivity index (χ1) is 8.83. The number of benzene rings is 1. The van der Waals surface area contributed by atoms with Gasteiger partial charge >= 0.3 is 0 Å². The van der Waals surface area contributed by atoms with Crippen molar-refractivity contribution in [1.82, 2.24) is 5.32 Å². The van der Waals surface area contributed by atoms with E-state index < -0.39 is 0 Å². The lowest BCUT2D eigenvalue weighted by atomic mass is 10.1. The minimum atomic E-state index is 0.116. The van der Waals surface area contributed by atoms with E-state index in [-0.39, 0.29) is 6.10 Å². The third kappa shape index (κ3) is 3.39. The number of hydrogen-bond donors (Lipinski definition) is 1. The molecule has 1 aromatic carbocycles. The Hall–Kier alpha value is -1.22. The van der Waals surface area contributed by atoms with Crippen molar-refractivity contribution in [2.45, 2.75) is 45.3 Å². The van der Waals surface area contributed by atoms with Gasteiger partial charge in [0.05, 0.1) is 0 Å². The predicted molar refractivity (Wildman–Crippen MR) is 73.3 cm³/mol. The number of rotatable bonds is 6. The minimum absolute atomic E-state index is 0.116. The van der Waals surface area contributed by atoms with Crippen LogP contribution in [0.2, 0.25) is 0 Å². The fourth-order valence-electron chi connectivity index (χ4n) is 2.26. The maximum Gasteiger partial charge on any atom is 0.161 e. The fourth-order valence-corrected chi connectivity index (χ4v) is 2.26. The average Bonchev–Trinajstić information content (AvgIpc) is 2.43. The topological polar surface area (TPSA) is 30.5 Å². The molecule has 0 bridgehead atoms. The molecule has 1 heterocycles. The van der Waals surface area contributed by atoms with Crippen molar-refractivity contribution in [2.24, 2.45) is 0 Å². The van der Waals surface area contributed by atoms with Crippen LogP contribution in [0.4, 0.5) is 0 Å². The molecule has 0 saturated carbocycles. The Labute approximate surface area is 109 Å². The molecule has 0 aliphatic carbocycles. The zero-order valence-corrected chi connectivity index (χ0v) is 11.3. The quantitative estimate of drug-likeness (QED) is 0.840. The summed E-state index contributed by atoms with van der Waals surface area (Å²) in [5.41, 5.74) is 0. The highest BCUT2D eigenvalue weighted by Gasteiger charge is 2.20. The molecule has 3 nitrogen and oxygen atoms in total. The van der Waals surface area contributed by atoms with Gasteiger partial charge < -0.3 is 14.8 Å². The molecule has 0 radical (unpaired) electrons. The highest BCUT2D eigenvalue weighted by atomic mass is 16.6. The SMILES string of the molecule is CCCC(CC)NCC1COc2ccccc2O1. The van der Waals surface area contributed by atoms with Crippen molar-refractivity contribution in [3.63, 3.8) is 0 Å². The highest BCUT2D eigenvalue weighted by molar-refractivity contribution is 5.40. The van der Waals surface area contributed by atoms with Gasteiger partial charge in [-0.05, 0) is 25.0 Å². The van der Waals surface area contributed by atoms with Gasteiger partial charge in [-0.3, -0.25) is 0 Å². The molecule has 2 rings (SSSR count). The van der Waals surface area contributed by atoms with E-state index in [4.69, 9.17) is 9.47 Å². The highest BCUT2D eigenvalue weighted by Crippen LogP contribution is 2.30. The van der Waals surface area contributed by atoms with Crippen LogP contribution in [0.25, 0.3) is 0 Å². The molecule has 2 atom stereocenters. The normalized spacial score (nSPS) is 19.6. The van der Waals surface area contributed by atoms with E-state index in [1.807, 2.05) is 24.3 Å². The molecule has 3 heteroatoms. The summed E-state index contributed by atoms with van der Waals surface area (Å²) in [6.45, 7) is 5.93. The zero-order chi connectivity index (χ0) is 12.8. The Morgan fingerprint density at radius 1 is 1.28 bits per heavy atom. The summed E-state index contributed by atoms with van der Waals surface area (Å²) in [6, 6.07) is 8.45. The van der Waals surface area contributed by atoms with Gasteiger partial charge in [-0.15, -0.1) is 0 Å². The fraction of sp³-hybridized carbons (Fsp3) is 0.600. The summed E-state index contributed by atoms with van der Waals surface area (Å²) < 4.78 is 11.6. The van der Waals surface area contributed by atoms with E-state index in [1.54, 1.807) is 0 Å². The van der Waals surface area contributed by atoms with Crippen LogP contribution < -0.4 is 14.8 Å². The number of hydrogen-bond acceptors (Lipinski definition) is 3. The van der Waals surface area contributed by atoms with E-state index in [1.165, 1.54) is 12.8 Å². The molecule has 18 heavy (non-hydrogen) atoms. The first-order valence-electron chi connectivity index (χ1n) is 6.95. The van der Waals surface area contributed by atoms with E-state index in [2.05, 4.69) is 19.2 Å². The standard InChI is InChI=1S/C15H23NO2/c1-3-7-12(4-2)16-10-13-11-17-14-8-5-6-9-15(14)18-13/h5-6,8-9,12-13,16H,3-4,7,10-11H2,1-2H3. The number of para-hydroxylation sites is 2. The van der Waals surface area contributed by atoms with Gasteiger partial charge in [0.15, 0.2) is 11.5 Å². The van der Waals surface area contributed by atoms with Gasteiger partial charge in [-0.25, -0.2) is 0 Å². The van der Waals surface area contributed by atoms with Crippen molar-refractivity contribution in [1.29, 1.82) is 0 Å². The summed E-state index contributed by atoms with van der Waals surface area (Å²) in [5, 5.41) is 3.57. The second kappa shape index (κ2) is 6.64. The largest absolute Gasteiger partial charge is 0.486 e. The van der Waals surface area contributed by atoms with Crippen molar-refractivity contribution in [3.05, 3.63) is 24.3 Å². The van der Waals surface area contributed by atoms with Gasteiger partial charge in [0.25, 0.3) is 0 Å². The maximum absolute atomic E-state index is 5.92. The first kappa shape index (κ1) is 13.2. The molecular weight excluding hydrogens is 226 g/mol. The molecule has 1 aromatic rings. The van der Waals surface area contributed by atoms with Crippen molar-refractivity contribution >= 4 is 0 Å². The Bertz CT molecular complexity index is 367. The lowest BCUT2D eigenvalue weighted by molar-refractivity contribution is 0.0877. The monoisotopic (exact) mass is 249 g/mol. The van der Waals surface area contributed by atoms with Crippen molar-refractivity contribution < 1.29 is 9.47 Å². The van der Waals surface area contributed by atoms with Gasteiger partial charge in [0.1, 0.15) is 12.7 Å². The van der Waals surface area contributed by atoms with Crippen LogP contribution in [-0.4, -0.2) is 25.3 Å². The number of nitrogens with one attached hydrogen (secondary N) is 1. The van der Waals surface area contributed by atoms with Crippen LogP contribution in [0.15, 0.2) is 24.3 Å². The second-order valence-electron chi connectivity index (χ2n) is 4.80. The van der Waals surface area contributed by atoms with Crippen molar-refractivity contribution in [3.8, 4) is 11.5 Å². The van der Waals surface area contributed by atoms with Crippen LogP contribution in [0, 0.1) is 0 Å². The Morgan fingerprint density at radius 3 is 2.78 bits per heavy atom. The third-order valence-electron chi connectivity index (χ3n) is 3.33. The van der Waals surface area contributed by atoms with E-state index in [0.29, 0.717) is 12.6 Å². The molecule has 1 aliphatic heterocycles. The first-order valence-corrected chi connectivity index (χ1v) is 6.95. The summed E-state index contributed by atoms with van der Waals surface area (Å²) in [7, 11) is 0. The summed E-state index contributed by atoms with van der Waals surface area (Å²) in [4.78, 5) is 0. The lowest BCUT2D eigenvalue weighted by Gasteiger charge is -2.28. The third-order valence-corrected chi connectivity index (χ3v) is 3.33. The summed E-state index contributed by atoms with van der Waals surface area (Å²) in [6.07, 6.45) is 3.72. The number of ether oxygens (including phenoxy) is 2. The van der Waals surface area contributed by atoms with Crippen molar-refractivity contribution in [2.75, 3.05) is 13.2 Å². The molecule has 0 fully saturated rings. The maximum atomic E-state index is 5.92. The minimum Gasteiger partial charge on any atom is -0.486 e. The molecule has 1 N–H and O–H groups in total. The zero-order valence-electron chi connectivity index (χ0n) is 11.3. The van der Waals surface area contributed by atoms with E-state index >= 15 is 0 Å². The number of fused-ring (bicyclic) bond motifs is 1. The lowest BCUT2D eigenvalue weighted by Crippen LogP contribution is -2.42. The molecular formula is C15H23NO2. The molecule has 0 saturated heterocycles. The summed E-state index contributed by atoms with van der Waals surface area (Å²) in [5.74, 6) is 1.72. The molecule has 100 valence electrons. The van der Waals surface area contributed by atoms with E-state index in [9.17, 15) is 0 Å². The molecule has 0 spiro atoms. The molecule has 0 aromatic heterocycles. The van der Waals surface area contributed by atoms with Gasteiger partial charge in [-0.2, -0.15) is 0 Å². The van der Waals surface area contributed by atoms with Gasteiger partial charge in [0.2, 0.25) is 0 Å².